The smallest absolute Gasteiger partial charge is 0.126 e. The van der Waals surface area contributed by atoms with Crippen LogP contribution < -0.4 is 10.1 Å². The molecule has 1 unspecified atom stereocenters. The van der Waals surface area contributed by atoms with Crippen molar-refractivity contribution in [1.82, 2.24) is 5.32 Å². The number of ether oxygens (including phenoxy) is 1. The summed E-state index contributed by atoms with van der Waals surface area (Å²) in [4.78, 5) is 0. The summed E-state index contributed by atoms with van der Waals surface area (Å²) >= 11 is 3.48. The zero-order valence-corrected chi connectivity index (χ0v) is 12.3. The molecule has 0 spiro atoms. The number of nitrogens with one attached hydrogen (secondary N) is 1. The molecule has 0 aliphatic heterocycles. The van der Waals surface area contributed by atoms with E-state index in [1.54, 1.807) is 0 Å². The van der Waals surface area contributed by atoms with Gasteiger partial charge in [-0.1, -0.05) is 35.0 Å². The molecule has 1 atom stereocenters. The van der Waals surface area contributed by atoms with E-state index in [4.69, 9.17) is 4.74 Å². The minimum absolute atomic E-state index is 0.355. The molecule has 0 amide bonds. The lowest BCUT2D eigenvalue weighted by atomic mass is 10.1. The van der Waals surface area contributed by atoms with Crippen LogP contribution in [0.2, 0.25) is 0 Å². The standard InChI is InChI=1S/C14H20BrNO/c1-4-9-17-14-8-7-13(15)10-12(14)6-5-11(2)16-3/h5-8,10-11,16H,4,9H2,1-3H3/b6-5+. The lowest BCUT2D eigenvalue weighted by molar-refractivity contribution is 0.316. The molecule has 1 rings (SSSR count). The zero-order valence-electron chi connectivity index (χ0n) is 10.7. The number of hydrogen-bond donors (Lipinski definition) is 1. The molecule has 1 N–H and O–H groups in total. The molecule has 0 aliphatic carbocycles. The van der Waals surface area contributed by atoms with Crippen molar-refractivity contribution in [2.75, 3.05) is 13.7 Å². The normalized spacial score (nSPS) is 12.9. The first kappa shape index (κ1) is 14.3. The van der Waals surface area contributed by atoms with Crippen molar-refractivity contribution in [1.29, 1.82) is 0 Å². The Bertz CT molecular complexity index is 376. The van der Waals surface area contributed by atoms with E-state index < -0.39 is 0 Å². The number of halogens is 1. The van der Waals surface area contributed by atoms with Crippen LogP contribution in [0.5, 0.6) is 5.75 Å². The van der Waals surface area contributed by atoms with Gasteiger partial charge in [0, 0.05) is 16.1 Å². The van der Waals surface area contributed by atoms with Crippen molar-refractivity contribution in [3.8, 4) is 5.75 Å². The topological polar surface area (TPSA) is 21.3 Å². The van der Waals surface area contributed by atoms with Gasteiger partial charge in [0.15, 0.2) is 0 Å². The zero-order chi connectivity index (χ0) is 12.7. The van der Waals surface area contributed by atoms with Gasteiger partial charge in [-0.2, -0.15) is 0 Å². The van der Waals surface area contributed by atoms with Crippen LogP contribution in [0.1, 0.15) is 25.8 Å². The highest BCUT2D eigenvalue weighted by molar-refractivity contribution is 9.10. The van der Waals surface area contributed by atoms with Crippen LogP contribution in [-0.2, 0) is 0 Å². The predicted octanol–water partition coefficient (Wildman–Crippen LogP) is 3.86. The Balaban J connectivity index is 2.86. The van der Waals surface area contributed by atoms with Gasteiger partial charge in [-0.05, 0) is 38.6 Å². The second-order valence-corrected chi connectivity index (χ2v) is 4.88. The van der Waals surface area contributed by atoms with Crippen molar-refractivity contribution in [2.24, 2.45) is 0 Å². The Morgan fingerprint density at radius 1 is 1.47 bits per heavy atom. The Morgan fingerprint density at radius 2 is 2.24 bits per heavy atom. The Labute approximate surface area is 112 Å². The van der Waals surface area contributed by atoms with Gasteiger partial charge in [0.2, 0.25) is 0 Å². The molecule has 0 aromatic heterocycles. The van der Waals surface area contributed by atoms with Gasteiger partial charge in [0.05, 0.1) is 6.61 Å². The third kappa shape index (κ3) is 4.92. The van der Waals surface area contributed by atoms with Crippen molar-refractivity contribution < 1.29 is 4.74 Å². The summed E-state index contributed by atoms with van der Waals surface area (Å²) in [5, 5.41) is 3.17. The molecule has 0 fully saturated rings. The Hall–Kier alpha value is -0.800. The van der Waals surface area contributed by atoms with E-state index in [0.717, 1.165) is 28.8 Å². The monoisotopic (exact) mass is 297 g/mol. The van der Waals surface area contributed by atoms with Gasteiger partial charge in [-0.3, -0.25) is 0 Å². The predicted molar refractivity (Wildman–Crippen MR) is 77.5 cm³/mol. The van der Waals surface area contributed by atoms with E-state index in [2.05, 4.69) is 53.3 Å². The quantitative estimate of drug-likeness (QED) is 0.861. The number of likely N-dealkylation sites (N-methyl/N-ethyl adjacent to an activating group) is 1. The number of benzene rings is 1. The lowest BCUT2D eigenvalue weighted by Gasteiger charge is -2.09. The fraction of sp³-hybridized carbons (Fsp3) is 0.429. The second kappa shape index (κ2) is 7.51. The van der Waals surface area contributed by atoms with E-state index in [0.29, 0.717) is 6.04 Å². The highest BCUT2D eigenvalue weighted by Crippen LogP contribution is 2.24. The van der Waals surface area contributed by atoms with E-state index in [1.807, 2.05) is 19.2 Å². The molecule has 0 heterocycles. The molecule has 0 saturated carbocycles. The van der Waals surface area contributed by atoms with E-state index >= 15 is 0 Å². The molecule has 94 valence electrons. The summed E-state index contributed by atoms with van der Waals surface area (Å²) in [6, 6.07) is 6.44. The van der Waals surface area contributed by atoms with Crippen LogP contribution in [0.3, 0.4) is 0 Å². The van der Waals surface area contributed by atoms with Crippen LogP contribution >= 0.6 is 15.9 Å². The van der Waals surface area contributed by atoms with Crippen LogP contribution in [0, 0.1) is 0 Å². The summed E-state index contributed by atoms with van der Waals surface area (Å²) in [5.74, 6) is 0.939. The summed E-state index contributed by atoms with van der Waals surface area (Å²) < 4.78 is 6.78. The molecule has 17 heavy (non-hydrogen) atoms. The van der Waals surface area contributed by atoms with Crippen molar-refractivity contribution in [3.05, 3.63) is 34.3 Å². The first-order valence-electron chi connectivity index (χ1n) is 5.95. The van der Waals surface area contributed by atoms with Gasteiger partial charge in [-0.25, -0.2) is 0 Å². The van der Waals surface area contributed by atoms with Gasteiger partial charge in [0.25, 0.3) is 0 Å². The highest BCUT2D eigenvalue weighted by Gasteiger charge is 2.02. The number of hydrogen-bond acceptors (Lipinski definition) is 2. The molecular weight excluding hydrogens is 278 g/mol. The van der Waals surface area contributed by atoms with Gasteiger partial charge >= 0.3 is 0 Å². The van der Waals surface area contributed by atoms with E-state index in [-0.39, 0.29) is 0 Å². The Morgan fingerprint density at radius 3 is 2.88 bits per heavy atom. The molecule has 1 aromatic rings. The molecule has 0 radical (unpaired) electrons. The fourth-order valence-corrected chi connectivity index (χ4v) is 1.72. The van der Waals surface area contributed by atoms with E-state index in [1.165, 1.54) is 0 Å². The average Bonchev–Trinajstić information content (AvgIpc) is 2.34. The molecule has 0 saturated heterocycles. The maximum atomic E-state index is 5.71. The largest absolute Gasteiger partial charge is 0.493 e. The third-order valence-electron chi connectivity index (χ3n) is 2.45. The van der Waals surface area contributed by atoms with Gasteiger partial charge in [-0.15, -0.1) is 0 Å². The first-order valence-corrected chi connectivity index (χ1v) is 6.74. The average molecular weight is 298 g/mol. The fourth-order valence-electron chi connectivity index (χ4n) is 1.34. The summed E-state index contributed by atoms with van der Waals surface area (Å²) in [5.41, 5.74) is 1.11. The molecule has 0 aliphatic rings. The minimum Gasteiger partial charge on any atom is -0.493 e. The summed E-state index contributed by atoms with van der Waals surface area (Å²) in [6.07, 6.45) is 5.24. The molecule has 1 aromatic carbocycles. The molecule has 2 nitrogen and oxygen atoms in total. The van der Waals surface area contributed by atoms with Gasteiger partial charge in [0.1, 0.15) is 5.75 Å². The van der Waals surface area contributed by atoms with Crippen molar-refractivity contribution >= 4 is 22.0 Å². The highest BCUT2D eigenvalue weighted by atomic mass is 79.9. The van der Waals surface area contributed by atoms with Crippen LogP contribution in [-0.4, -0.2) is 19.7 Å². The third-order valence-corrected chi connectivity index (χ3v) is 2.95. The van der Waals surface area contributed by atoms with E-state index in [9.17, 15) is 0 Å². The SMILES string of the molecule is CCCOc1ccc(Br)cc1/C=C/C(C)NC. The first-order chi connectivity index (χ1) is 8.17. The van der Waals surface area contributed by atoms with Crippen LogP contribution in [0.15, 0.2) is 28.7 Å². The van der Waals surface area contributed by atoms with Crippen LogP contribution in [0.25, 0.3) is 6.08 Å². The maximum absolute atomic E-state index is 5.71. The second-order valence-electron chi connectivity index (χ2n) is 3.97. The summed E-state index contributed by atoms with van der Waals surface area (Å²) in [7, 11) is 1.95. The minimum atomic E-state index is 0.355. The van der Waals surface area contributed by atoms with Crippen molar-refractivity contribution in [2.45, 2.75) is 26.3 Å². The number of rotatable bonds is 6. The molecule has 3 heteroatoms. The molecule has 0 bridgehead atoms. The van der Waals surface area contributed by atoms with Crippen LogP contribution in [0.4, 0.5) is 0 Å². The maximum Gasteiger partial charge on any atom is 0.126 e. The summed E-state index contributed by atoms with van der Waals surface area (Å²) in [6.45, 7) is 4.97. The van der Waals surface area contributed by atoms with Crippen molar-refractivity contribution in [3.63, 3.8) is 0 Å². The Kier molecular flexibility index (Phi) is 6.30. The lowest BCUT2D eigenvalue weighted by Crippen LogP contribution is -2.17. The molecular formula is C14H20BrNO. The van der Waals surface area contributed by atoms with Gasteiger partial charge < -0.3 is 10.1 Å².